The van der Waals surface area contributed by atoms with Crippen LogP contribution >= 0.6 is 15.9 Å². The van der Waals surface area contributed by atoms with Gasteiger partial charge in [0.05, 0.1) is 16.2 Å². The number of aryl methyl sites for hydroxylation is 1. The molecule has 0 amide bonds. The molecule has 0 bridgehead atoms. The van der Waals surface area contributed by atoms with Crippen molar-refractivity contribution < 1.29 is 0 Å². The van der Waals surface area contributed by atoms with E-state index < -0.39 is 0 Å². The summed E-state index contributed by atoms with van der Waals surface area (Å²) in [4.78, 5) is 14.4. The maximum atomic E-state index is 4.82. The van der Waals surface area contributed by atoms with Gasteiger partial charge in [-0.1, -0.05) is 6.92 Å². The summed E-state index contributed by atoms with van der Waals surface area (Å²) in [5, 5.41) is 3.34. The Morgan fingerprint density at radius 2 is 2.00 bits per heavy atom. The van der Waals surface area contributed by atoms with Gasteiger partial charge in [-0.05, 0) is 62.9 Å². The first kappa shape index (κ1) is 16.6. The van der Waals surface area contributed by atoms with Gasteiger partial charge in [0.1, 0.15) is 11.6 Å². The van der Waals surface area contributed by atoms with Gasteiger partial charge >= 0.3 is 0 Å². The van der Waals surface area contributed by atoms with Crippen molar-refractivity contribution in [3.63, 3.8) is 0 Å². The van der Waals surface area contributed by atoms with Crippen molar-refractivity contribution in [1.82, 2.24) is 19.8 Å². The number of hydrogen-bond acceptors (Lipinski definition) is 5. The molecule has 1 N–H and O–H groups in total. The minimum atomic E-state index is 0.258. The van der Waals surface area contributed by atoms with Crippen LogP contribution in [0.15, 0.2) is 4.47 Å². The van der Waals surface area contributed by atoms with E-state index in [1.165, 1.54) is 6.42 Å². The predicted octanol–water partition coefficient (Wildman–Crippen LogP) is 2.54. The van der Waals surface area contributed by atoms with Gasteiger partial charge in [-0.2, -0.15) is 0 Å². The van der Waals surface area contributed by atoms with Crippen LogP contribution in [-0.2, 0) is 6.42 Å². The zero-order chi connectivity index (χ0) is 15.4. The number of nitrogens with one attached hydrogen (secondary N) is 1. The lowest BCUT2D eigenvalue weighted by Gasteiger charge is -2.27. The molecular formula is C15H26BrN5. The number of rotatable bonds is 4. The number of likely N-dealkylation sites (N-methyl/N-ethyl adjacent to an activating group) is 2. The number of hydrogen-bond donors (Lipinski definition) is 1. The molecule has 0 spiro atoms. The molecule has 1 fully saturated rings. The third-order valence-corrected chi connectivity index (χ3v) is 4.81. The largest absolute Gasteiger partial charge is 0.369 e. The van der Waals surface area contributed by atoms with Gasteiger partial charge in [-0.15, -0.1) is 0 Å². The van der Waals surface area contributed by atoms with Gasteiger partial charge in [-0.3, -0.25) is 4.90 Å². The monoisotopic (exact) mass is 355 g/mol. The van der Waals surface area contributed by atoms with E-state index in [-0.39, 0.29) is 6.04 Å². The molecule has 5 nitrogen and oxygen atoms in total. The Bertz CT molecular complexity index is 479. The van der Waals surface area contributed by atoms with Crippen LogP contribution in [0.25, 0.3) is 0 Å². The first-order chi connectivity index (χ1) is 10.1. The van der Waals surface area contributed by atoms with E-state index in [9.17, 15) is 0 Å². The molecule has 1 aromatic rings. The van der Waals surface area contributed by atoms with Gasteiger partial charge in [0.2, 0.25) is 0 Å². The molecule has 118 valence electrons. The van der Waals surface area contributed by atoms with Gasteiger partial charge < -0.3 is 10.2 Å². The second-order valence-corrected chi connectivity index (χ2v) is 6.48. The van der Waals surface area contributed by atoms with Crippen molar-refractivity contribution in [2.75, 3.05) is 45.6 Å². The zero-order valence-electron chi connectivity index (χ0n) is 13.5. The lowest BCUT2D eigenvalue weighted by atomic mass is 10.2. The summed E-state index contributed by atoms with van der Waals surface area (Å²) in [5.41, 5.74) is 1.08. The minimum Gasteiger partial charge on any atom is -0.369 e. The Morgan fingerprint density at radius 1 is 1.24 bits per heavy atom. The molecule has 0 aliphatic carbocycles. The van der Waals surface area contributed by atoms with E-state index in [0.29, 0.717) is 0 Å². The highest BCUT2D eigenvalue weighted by atomic mass is 79.9. The summed E-state index contributed by atoms with van der Waals surface area (Å²) in [7, 11) is 4.35. The van der Waals surface area contributed by atoms with Crippen molar-refractivity contribution in [2.24, 2.45) is 0 Å². The fourth-order valence-electron chi connectivity index (χ4n) is 2.73. The quantitative estimate of drug-likeness (QED) is 0.898. The molecule has 6 heteroatoms. The average Bonchev–Trinajstić information content (AvgIpc) is 2.63. The van der Waals surface area contributed by atoms with Crippen LogP contribution in [0, 0.1) is 0 Å². The Morgan fingerprint density at radius 3 is 2.67 bits per heavy atom. The predicted molar refractivity (Wildman–Crippen MR) is 90.8 cm³/mol. The normalized spacial score (nSPS) is 21.3. The second-order valence-electron chi connectivity index (χ2n) is 5.69. The number of nitrogens with zero attached hydrogens (tertiary/aromatic N) is 4. The number of anilines is 1. The molecule has 1 aliphatic rings. The highest BCUT2D eigenvalue weighted by molar-refractivity contribution is 9.10. The molecule has 0 aromatic carbocycles. The fourth-order valence-corrected chi connectivity index (χ4v) is 3.33. The van der Waals surface area contributed by atoms with Crippen molar-refractivity contribution in [3.05, 3.63) is 16.0 Å². The standard InChI is InChI=1S/C15H26BrN5/c1-5-11-13(16)15(17-6-2)19-14(18-11)12-10-20(3)8-7-9-21(12)4/h12H,5-10H2,1-4H3,(H,17,18,19). The van der Waals surface area contributed by atoms with Crippen molar-refractivity contribution in [2.45, 2.75) is 32.7 Å². The Kier molecular flexibility index (Phi) is 5.96. The van der Waals surface area contributed by atoms with Crippen LogP contribution in [0.5, 0.6) is 0 Å². The molecule has 1 saturated heterocycles. The summed E-state index contributed by atoms with van der Waals surface area (Å²) in [5.74, 6) is 1.85. The third-order valence-electron chi connectivity index (χ3n) is 3.98. The van der Waals surface area contributed by atoms with Crippen LogP contribution in [-0.4, -0.2) is 60.0 Å². The lowest BCUT2D eigenvalue weighted by Crippen LogP contribution is -2.32. The van der Waals surface area contributed by atoms with E-state index in [1.807, 2.05) is 0 Å². The summed E-state index contributed by atoms with van der Waals surface area (Å²) in [6.45, 7) is 8.29. The molecule has 1 atom stereocenters. The highest BCUT2D eigenvalue weighted by Crippen LogP contribution is 2.28. The summed E-state index contributed by atoms with van der Waals surface area (Å²) >= 11 is 3.63. The molecule has 2 rings (SSSR count). The van der Waals surface area contributed by atoms with Crippen LogP contribution in [0.2, 0.25) is 0 Å². The number of halogens is 1. The maximum absolute atomic E-state index is 4.82. The SMILES string of the molecule is CCNc1nc(C2CN(C)CCCN2C)nc(CC)c1Br. The molecule has 0 radical (unpaired) electrons. The van der Waals surface area contributed by atoms with E-state index in [0.717, 1.165) is 54.4 Å². The molecule has 21 heavy (non-hydrogen) atoms. The zero-order valence-corrected chi connectivity index (χ0v) is 15.1. The smallest absolute Gasteiger partial charge is 0.149 e. The molecular weight excluding hydrogens is 330 g/mol. The summed E-state index contributed by atoms with van der Waals surface area (Å²) in [6.07, 6.45) is 2.10. The first-order valence-corrected chi connectivity index (χ1v) is 8.55. The molecule has 2 heterocycles. The van der Waals surface area contributed by atoms with E-state index in [2.05, 4.69) is 59.0 Å². The summed E-state index contributed by atoms with van der Waals surface area (Å²) < 4.78 is 1.00. The highest BCUT2D eigenvalue weighted by Gasteiger charge is 2.26. The summed E-state index contributed by atoms with van der Waals surface area (Å²) in [6, 6.07) is 0.258. The topological polar surface area (TPSA) is 44.3 Å². The van der Waals surface area contributed by atoms with Crippen LogP contribution in [0.1, 0.15) is 37.8 Å². The van der Waals surface area contributed by atoms with E-state index in [4.69, 9.17) is 9.97 Å². The fraction of sp³-hybridized carbons (Fsp3) is 0.733. The molecule has 1 unspecified atom stereocenters. The first-order valence-electron chi connectivity index (χ1n) is 7.75. The van der Waals surface area contributed by atoms with Crippen molar-refractivity contribution >= 4 is 21.7 Å². The molecule has 1 aliphatic heterocycles. The maximum Gasteiger partial charge on any atom is 0.149 e. The van der Waals surface area contributed by atoms with Gasteiger partial charge in [-0.25, -0.2) is 9.97 Å². The van der Waals surface area contributed by atoms with Crippen molar-refractivity contribution in [3.8, 4) is 0 Å². The Balaban J connectivity index is 2.38. The van der Waals surface area contributed by atoms with Crippen LogP contribution < -0.4 is 5.32 Å². The second kappa shape index (κ2) is 7.51. The van der Waals surface area contributed by atoms with Crippen LogP contribution in [0.3, 0.4) is 0 Å². The molecule has 1 aromatic heterocycles. The minimum absolute atomic E-state index is 0.258. The van der Waals surface area contributed by atoms with Gasteiger partial charge in [0.15, 0.2) is 0 Å². The number of aromatic nitrogens is 2. The van der Waals surface area contributed by atoms with E-state index in [1.54, 1.807) is 0 Å². The van der Waals surface area contributed by atoms with Gasteiger partial charge in [0.25, 0.3) is 0 Å². The Labute approximate surface area is 136 Å². The van der Waals surface area contributed by atoms with E-state index >= 15 is 0 Å². The lowest BCUT2D eigenvalue weighted by molar-refractivity contribution is 0.219. The Hall–Kier alpha value is -0.720. The van der Waals surface area contributed by atoms with Crippen molar-refractivity contribution in [1.29, 1.82) is 0 Å². The molecule has 0 saturated carbocycles. The third kappa shape index (κ3) is 3.93. The van der Waals surface area contributed by atoms with Gasteiger partial charge in [0, 0.05) is 13.1 Å². The van der Waals surface area contributed by atoms with Crippen LogP contribution in [0.4, 0.5) is 5.82 Å². The average molecular weight is 356 g/mol.